The zero-order chi connectivity index (χ0) is 16.3. The van der Waals surface area contributed by atoms with Gasteiger partial charge < -0.3 is 14.8 Å². The minimum atomic E-state index is 0.782. The highest BCUT2D eigenvalue weighted by atomic mass is 16.5. The molecule has 1 N–H and O–H groups in total. The molecule has 0 saturated heterocycles. The van der Waals surface area contributed by atoms with Crippen molar-refractivity contribution in [2.45, 2.75) is 39.2 Å². The summed E-state index contributed by atoms with van der Waals surface area (Å²) in [6, 6.07) is 16.3. The van der Waals surface area contributed by atoms with Crippen molar-refractivity contribution in [2.75, 3.05) is 19.0 Å². The summed E-state index contributed by atoms with van der Waals surface area (Å²) in [7, 11) is 1.68. The van der Waals surface area contributed by atoms with Gasteiger partial charge in [0.25, 0.3) is 0 Å². The maximum Gasteiger partial charge on any atom is 0.120 e. The molecule has 3 heteroatoms. The summed E-state index contributed by atoms with van der Waals surface area (Å²) < 4.78 is 11.0. The Labute approximate surface area is 139 Å². The molecule has 2 aromatic rings. The third-order valence-corrected chi connectivity index (χ3v) is 3.76. The van der Waals surface area contributed by atoms with E-state index in [4.69, 9.17) is 9.47 Å². The summed E-state index contributed by atoms with van der Waals surface area (Å²) in [6.07, 6.45) is 4.93. The van der Waals surface area contributed by atoms with E-state index in [2.05, 4.69) is 24.4 Å². The second-order valence-electron chi connectivity index (χ2n) is 5.64. The predicted molar refractivity (Wildman–Crippen MR) is 96.4 cm³/mol. The molecule has 124 valence electrons. The Morgan fingerprint density at radius 1 is 0.913 bits per heavy atom. The lowest BCUT2D eigenvalue weighted by atomic mass is 10.2. The molecule has 0 amide bonds. The Kier molecular flexibility index (Phi) is 7.31. The van der Waals surface area contributed by atoms with E-state index >= 15 is 0 Å². The minimum absolute atomic E-state index is 0.782. The van der Waals surface area contributed by atoms with Gasteiger partial charge in [0.05, 0.1) is 13.7 Å². The quantitative estimate of drug-likeness (QED) is 0.606. The molecule has 0 aliphatic carbocycles. The van der Waals surface area contributed by atoms with Gasteiger partial charge in [0.2, 0.25) is 0 Å². The first-order chi connectivity index (χ1) is 11.3. The summed E-state index contributed by atoms with van der Waals surface area (Å²) in [5.74, 6) is 1.81. The highest BCUT2D eigenvalue weighted by molar-refractivity contribution is 5.48. The Balaban J connectivity index is 1.76. The Morgan fingerprint density at radius 3 is 2.48 bits per heavy atom. The summed E-state index contributed by atoms with van der Waals surface area (Å²) in [5.41, 5.74) is 2.28. The first-order valence-corrected chi connectivity index (χ1v) is 8.41. The van der Waals surface area contributed by atoms with E-state index < -0.39 is 0 Å². The van der Waals surface area contributed by atoms with E-state index in [0.29, 0.717) is 0 Å². The monoisotopic (exact) mass is 313 g/mol. The number of methoxy groups -OCH3 is 1. The van der Waals surface area contributed by atoms with Gasteiger partial charge in [-0.05, 0) is 36.2 Å². The smallest absolute Gasteiger partial charge is 0.120 e. The third kappa shape index (κ3) is 6.23. The molecule has 0 atom stereocenters. The van der Waals surface area contributed by atoms with Gasteiger partial charge in [0.15, 0.2) is 0 Å². The number of anilines is 1. The van der Waals surface area contributed by atoms with E-state index in [9.17, 15) is 0 Å². The van der Waals surface area contributed by atoms with Gasteiger partial charge in [-0.1, -0.05) is 44.4 Å². The second kappa shape index (κ2) is 9.78. The van der Waals surface area contributed by atoms with Crippen LogP contribution in [0.15, 0.2) is 48.5 Å². The van der Waals surface area contributed by atoms with Gasteiger partial charge in [0.1, 0.15) is 11.5 Å². The van der Waals surface area contributed by atoms with Crippen molar-refractivity contribution in [1.82, 2.24) is 0 Å². The summed E-state index contributed by atoms with van der Waals surface area (Å²) in [4.78, 5) is 0. The van der Waals surface area contributed by atoms with Crippen LogP contribution in [0.25, 0.3) is 0 Å². The zero-order valence-corrected chi connectivity index (χ0v) is 14.2. The number of benzene rings is 2. The number of nitrogens with one attached hydrogen (secondary N) is 1. The fraction of sp³-hybridized carbons (Fsp3) is 0.400. The number of hydrogen-bond acceptors (Lipinski definition) is 3. The van der Waals surface area contributed by atoms with Gasteiger partial charge in [0, 0.05) is 18.3 Å². The molecule has 23 heavy (non-hydrogen) atoms. The van der Waals surface area contributed by atoms with Gasteiger partial charge in [-0.2, -0.15) is 0 Å². The molecule has 0 bridgehead atoms. The molecular formula is C20H27NO2. The van der Waals surface area contributed by atoms with Crippen LogP contribution in [-0.4, -0.2) is 13.7 Å². The molecule has 0 radical (unpaired) electrons. The molecule has 0 aliphatic rings. The SMILES string of the molecule is CCCCCCOc1ccc(CNc2cccc(OC)c2)cc1. The van der Waals surface area contributed by atoms with Crippen molar-refractivity contribution >= 4 is 5.69 Å². The lowest BCUT2D eigenvalue weighted by molar-refractivity contribution is 0.305. The molecule has 2 aromatic carbocycles. The van der Waals surface area contributed by atoms with Crippen molar-refractivity contribution in [2.24, 2.45) is 0 Å². The Bertz CT molecular complexity index is 566. The number of hydrogen-bond donors (Lipinski definition) is 1. The molecule has 0 heterocycles. The Hall–Kier alpha value is -2.16. The number of rotatable bonds is 10. The van der Waals surface area contributed by atoms with Crippen LogP contribution in [0.4, 0.5) is 5.69 Å². The second-order valence-corrected chi connectivity index (χ2v) is 5.64. The zero-order valence-electron chi connectivity index (χ0n) is 14.2. The van der Waals surface area contributed by atoms with Gasteiger partial charge in [-0.25, -0.2) is 0 Å². The normalized spacial score (nSPS) is 10.3. The fourth-order valence-electron chi connectivity index (χ4n) is 2.36. The van der Waals surface area contributed by atoms with Crippen LogP contribution < -0.4 is 14.8 Å². The largest absolute Gasteiger partial charge is 0.497 e. The van der Waals surface area contributed by atoms with Gasteiger partial charge in [-0.15, -0.1) is 0 Å². The van der Waals surface area contributed by atoms with Crippen LogP contribution in [0, 0.1) is 0 Å². The van der Waals surface area contributed by atoms with Crippen LogP contribution in [0.2, 0.25) is 0 Å². The first-order valence-electron chi connectivity index (χ1n) is 8.41. The predicted octanol–water partition coefficient (Wildman–Crippen LogP) is 5.27. The van der Waals surface area contributed by atoms with Crippen LogP contribution in [-0.2, 0) is 6.54 Å². The molecule has 0 saturated carbocycles. The number of unbranched alkanes of at least 4 members (excludes halogenated alkanes) is 3. The Morgan fingerprint density at radius 2 is 1.74 bits per heavy atom. The van der Waals surface area contributed by atoms with Gasteiger partial charge >= 0.3 is 0 Å². The summed E-state index contributed by atoms with van der Waals surface area (Å²) >= 11 is 0. The average Bonchev–Trinajstić information content (AvgIpc) is 2.61. The van der Waals surface area contributed by atoms with Crippen LogP contribution in [0.3, 0.4) is 0 Å². The highest BCUT2D eigenvalue weighted by Gasteiger charge is 1.98. The fourth-order valence-corrected chi connectivity index (χ4v) is 2.36. The van der Waals surface area contributed by atoms with Crippen molar-refractivity contribution in [3.05, 3.63) is 54.1 Å². The molecular weight excluding hydrogens is 286 g/mol. The molecule has 3 nitrogen and oxygen atoms in total. The highest BCUT2D eigenvalue weighted by Crippen LogP contribution is 2.18. The number of ether oxygens (including phenoxy) is 2. The van der Waals surface area contributed by atoms with Crippen LogP contribution >= 0.6 is 0 Å². The molecule has 0 fully saturated rings. The molecule has 2 rings (SSSR count). The minimum Gasteiger partial charge on any atom is -0.497 e. The van der Waals surface area contributed by atoms with Crippen molar-refractivity contribution < 1.29 is 9.47 Å². The topological polar surface area (TPSA) is 30.5 Å². The average molecular weight is 313 g/mol. The molecule has 0 spiro atoms. The summed E-state index contributed by atoms with van der Waals surface area (Å²) in [5, 5.41) is 3.40. The maximum atomic E-state index is 5.76. The standard InChI is InChI=1S/C20H27NO2/c1-3-4-5-6-14-23-19-12-10-17(11-13-19)16-21-18-8-7-9-20(15-18)22-2/h7-13,15,21H,3-6,14,16H2,1-2H3. The van der Waals surface area contributed by atoms with E-state index in [-0.39, 0.29) is 0 Å². The van der Waals surface area contributed by atoms with E-state index in [0.717, 1.165) is 36.8 Å². The first kappa shape index (κ1) is 17.2. The van der Waals surface area contributed by atoms with Gasteiger partial charge in [-0.3, -0.25) is 0 Å². The van der Waals surface area contributed by atoms with Crippen LogP contribution in [0.5, 0.6) is 11.5 Å². The van der Waals surface area contributed by atoms with E-state index in [1.54, 1.807) is 7.11 Å². The van der Waals surface area contributed by atoms with Crippen molar-refractivity contribution in [3.63, 3.8) is 0 Å². The van der Waals surface area contributed by atoms with E-state index in [1.807, 2.05) is 36.4 Å². The molecule has 0 aliphatic heterocycles. The van der Waals surface area contributed by atoms with Crippen molar-refractivity contribution in [3.8, 4) is 11.5 Å². The lowest BCUT2D eigenvalue weighted by Crippen LogP contribution is -2.00. The van der Waals surface area contributed by atoms with E-state index in [1.165, 1.54) is 24.8 Å². The maximum absolute atomic E-state index is 5.76. The third-order valence-electron chi connectivity index (χ3n) is 3.76. The van der Waals surface area contributed by atoms with Crippen molar-refractivity contribution in [1.29, 1.82) is 0 Å². The van der Waals surface area contributed by atoms with Crippen LogP contribution in [0.1, 0.15) is 38.2 Å². The molecule has 0 unspecified atom stereocenters. The molecule has 0 aromatic heterocycles. The summed E-state index contributed by atoms with van der Waals surface area (Å²) in [6.45, 7) is 3.81. The lowest BCUT2D eigenvalue weighted by Gasteiger charge is -2.09.